The van der Waals surface area contributed by atoms with E-state index in [2.05, 4.69) is 5.32 Å². The average molecular weight is 358 g/mol. The summed E-state index contributed by atoms with van der Waals surface area (Å²) in [5.74, 6) is 0.0688. The third-order valence-electron chi connectivity index (χ3n) is 5.15. The quantitative estimate of drug-likeness (QED) is 0.841. The van der Waals surface area contributed by atoms with Gasteiger partial charge < -0.3 is 15.0 Å². The summed E-state index contributed by atoms with van der Waals surface area (Å²) in [4.78, 5) is 38.4. The number of rotatable bonds is 6. The topological polar surface area (TPSA) is 75.7 Å². The molecular weight excluding hydrogens is 332 g/mol. The minimum Gasteiger partial charge on any atom is -0.368 e. The second-order valence-corrected chi connectivity index (χ2v) is 7.21. The van der Waals surface area contributed by atoms with E-state index in [1.165, 1.54) is 0 Å². The van der Waals surface area contributed by atoms with Crippen LogP contribution in [0.1, 0.15) is 43.0 Å². The third-order valence-corrected chi connectivity index (χ3v) is 5.15. The van der Waals surface area contributed by atoms with Crippen LogP contribution in [-0.4, -0.2) is 54.3 Å². The van der Waals surface area contributed by atoms with Gasteiger partial charge in [-0.3, -0.25) is 14.4 Å². The molecule has 6 heteroatoms. The molecule has 0 aromatic heterocycles. The summed E-state index contributed by atoms with van der Waals surface area (Å²) in [5.41, 5.74) is 0.635. The molecule has 0 aliphatic carbocycles. The first kappa shape index (κ1) is 18.6. The molecule has 0 bridgehead atoms. The van der Waals surface area contributed by atoms with Crippen molar-refractivity contribution in [2.45, 2.75) is 44.8 Å². The van der Waals surface area contributed by atoms with Crippen LogP contribution in [0.25, 0.3) is 0 Å². The van der Waals surface area contributed by atoms with Gasteiger partial charge in [-0.25, -0.2) is 0 Å². The van der Waals surface area contributed by atoms with Crippen LogP contribution >= 0.6 is 0 Å². The molecule has 26 heavy (non-hydrogen) atoms. The predicted octanol–water partition coefficient (Wildman–Crippen LogP) is 1.79. The van der Waals surface area contributed by atoms with Gasteiger partial charge in [0.25, 0.3) is 5.91 Å². The van der Waals surface area contributed by atoms with Crippen molar-refractivity contribution in [3.8, 4) is 0 Å². The molecule has 2 fully saturated rings. The van der Waals surface area contributed by atoms with Gasteiger partial charge in [0.05, 0.1) is 6.10 Å². The molecule has 0 saturated carbocycles. The number of ketones is 1. The molecule has 0 radical (unpaired) electrons. The SMILES string of the molecule is CC(CCNC(=O)c1ccccc1)CC(=O)N1CCCC2OCC(=O)C21. The van der Waals surface area contributed by atoms with E-state index in [9.17, 15) is 14.4 Å². The van der Waals surface area contributed by atoms with Crippen LogP contribution < -0.4 is 5.32 Å². The van der Waals surface area contributed by atoms with Gasteiger partial charge >= 0.3 is 0 Å². The molecular formula is C20H26N2O4. The molecule has 0 spiro atoms. The summed E-state index contributed by atoms with van der Waals surface area (Å²) in [6.45, 7) is 3.28. The maximum absolute atomic E-state index is 12.6. The minimum atomic E-state index is -0.388. The highest BCUT2D eigenvalue weighted by Gasteiger charge is 2.44. The molecule has 3 unspecified atom stereocenters. The maximum atomic E-state index is 12.6. The molecule has 2 aliphatic rings. The van der Waals surface area contributed by atoms with Crippen LogP contribution in [0.2, 0.25) is 0 Å². The molecule has 2 amide bonds. The Balaban J connectivity index is 1.44. The van der Waals surface area contributed by atoms with Gasteiger partial charge in [-0.2, -0.15) is 0 Å². The molecule has 140 valence electrons. The van der Waals surface area contributed by atoms with Gasteiger partial charge in [-0.05, 0) is 37.3 Å². The fraction of sp³-hybridized carbons (Fsp3) is 0.550. The number of carbonyl (C=O) groups is 3. The number of ether oxygens (including phenoxy) is 1. The summed E-state index contributed by atoms with van der Waals surface area (Å²) in [6.07, 6.45) is 2.71. The fourth-order valence-electron chi connectivity index (χ4n) is 3.71. The monoisotopic (exact) mass is 358 g/mol. The van der Waals surface area contributed by atoms with Crippen LogP contribution in [0.3, 0.4) is 0 Å². The lowest BCUT2D eigenvalue weighted by Gasteiger charge is -2.36. The third kappa shape index (κ3) is 4.30. The highest BCUT2D eigenvalue weighted by molar-refractivity contribution is 5.94. The smallest absolute Gasteiger partial charge is 0.251 e. The molecule has 1 N–H and O–H groups in total. The zero-order valence-corrected chi connectivity index (χ0v) is 15.1. The number of amides is 2. The molecule has 2 saturated heterocycles. The van der Waals surface area contributed by atoms with E-state index in [4.69, 9.17) is 4.74 Å². The minimum absolute atomic E-state index is 0.0143. The van der Waals surface area contributed by atoms with Crippen molar-refractivity contribution in [2.75, 3.05) is 19.7 Å². The molecule has 2 heterocycles. The Bertz CT molecular complexity index is 661. The van der Waals surface area contributed by atoms with Crippen LogP contribution in [0.15, 0.2) is 30.3 Å². The summed E-state index contributed by atoms with van der Waals surface area (Å²) in [7, 11) is 0. The van der Waals surface area contributed by atoms with Crippen molar-refractivity contribution in [3.05, 3.63) is 35.9 Å². The summed E-state index contributed by atoms with van der Waals surface area (Å²) >= 11 is 0. The number of piperidine rings is 1. The Kier molecular flexibility index (Phi) is 6.04. The standard InChI is InChI=1S/C20H26N2O4/c1-14(9-10-21-20(25)15-6-3-2-4-7-15)12-18(24)22-11-5-8-17-19(22)16(23)13-26-17/h2-4,6-7,14,17,19H,5,8-13H2,1H3,(H,21,25). The van der Waals surface area contributed by atoms with E-state index >= 15 is 0 Å². The van der Waals surface area contributed by atoms with Crippen molar-refractivity contribution >= 4 is 17.6 Å². The van der Waals surface area contributed by atoms with E-state index in [0.717, 1.165) is 19.3 Å². The first-order valence-corrected chi connectivity index (χ1v) is 9.33. The lowest BCUT2D eigenvalue weighted by atomic mass is 9.95. The first-order chi connectivity index (χ1) is 12.6. The number of likely N-dealkylation sites (tertiary alicyclic amines) is 1. The highest BCUT2D eigenvalue weighted by Crippen LogP contribution is 2.27. The van der Waals surface area contributed by atoms with E-state index in [1.54, 1.807) is 17.0 Å². The van der Waals surface area contributed by atoms with Crippen LogP contribution in [0, 0.1) is 5.92 Å². The van der Waals surface area contributed by atoms with Crippen molar-refractivity contribution in [1.82, 2.24) is 10.2 Å². The Morgan fingerprint density at radius 1 is 1.31 bits per heavy atom. The van der Waals surface area contributed by atoms with E-state index in [-0.39, 0.29) is 42.3 Å². The van der Waals surface area contributed by atoms with Gasteiger partial charge in [0.1, 0.15) is 12.6 Å². The maximum Gasteiger partial charge on any atom is 0.251 e. The van der Waals surface area contributed by atoms with Crippen LogP contribution in [-0.2, 0) is 14.3 Å². The molecule has 1 aromatic rings. The number of fused-ring (bicyclic) bond motifs is 1. The van der Waals surface area contributed by atoms with E-state index in [0.29, 0.717) is 25.1 Å². The summed E-state index contributed by atoms with van der Waals surface area (Å²) in [6, 6.07) is 8.69. The van der Waals surface area contributed by atoms with Crippen molar-refractivity contribution in [3.63, 3.8) is 0 Å². The Labute approximate surface area is 153 Å². The summed E-state index contributed by atoms with van der Waals surface area (Å²) < 4.78 is 5.50. The average Bonchev–Trinajstić information content (AvgIpc) is 3.03. The first-order valence-electron chi connectivity index (χ1n) is 9.33. The van der Waals surface area contributed by atoms with Crippen LogP contribution in [0.5, 0.6) is 0 Å². The largest absolute Gasteiger partial charge is 0.368 e. The lowest BCUT2D eigenvalue weighted by molar-refractivity contribution is -0.141. The van der Waals surface area contributed by atoms with Crippen molar-refractivity contribution < 1.29 is 19.1 Å². The van der Waals surface area contributed by atoms with Gasteiger partial charge in [0, 0.05) is 25.1 Å². The number of Topliss-reactive ketones (excluding diaryl/α,β-unsaturated/α-hetero) is 1. The van der Waals surface area contributed by atoms with E-state index < -0.39 is 0 Å². The van der Waals surface area contributed by atoms with Gasteiger partial charge in [0.2, 0.25) is 5.91 Å². The van der Waals surface area contributed by atoms with Crippen molar-refractivity contribution in [2.24, 2.45) is 5.92 Å². The number of benzene rings is 1. The Morgan fingerprint density at radius 2 is 2.08 bits per heavy atom. The van der Waals surface area contributed by atoms with Crippen LogP contribution in [0.4, 0.5) is 0 Å². The number of carbonyl (C=O) groups excluding carboxylic acids is 3. The fourth-order valence-corrected chi connectivity index (χ4v) is 3.71. The molecule has 3 rings (SSSR count). The number of hydrogen-bond acceptors (Lipinski definition) is 4. The normalized spacial score (nSPS) is 23.4. The molecule has 6 nitrogen and oxygen atoms in total. The molecule has 1 aromatic carbocycles. The van der Waals surface area contributed by atoms with Crippen molar-refractivity contribution in [1.29, 1.82) is 0 Å². The number of nitrogens with zero attached hydrogens (tertiary/aromatic N) is 1. The van der Waals surface area contributed by atoms with Gasteiger partial charge in [-0.15, -0.1) is 0 Å². The predicted molar refractivity (Wildman–Crippen MR) is 96.7 cm³/mol. The second kappa shape index (κ2) is 8.45. The van der Waals surface area contributed by atoms with Gasteiger partial charge in [-0.1, -0.05) is 25.1 Å². The number of nitrogens with one attached hydrogen (secondary N) is 1. The number of hydrogen-bond donors (Lipinski definition) is 1. The zero-order chi connectivity index (χ0) is 18.5. The zero-order valence-electron chi connectivity index (χ0n) is 15.1. The second-order valence-electron chi connectivity index (χ2n) is 7.21. The Morgan fingerprint density at radius 3 is 2.85 bits per heavy atom. The lowest BCUT2D eigenvalue weighted by Crippen LogP contribution is -2.52. The van der Waals surface area contributed by atoms with E-state index in [1.807, 2.05) is 25.1 Å². The molecule has 2 aliphatic heterocycles. The summed E-state index contributed by atoms with van der Waals surface area (Å²) in [5, 5.41) is 2.89. The molecule has 3 atom stereocenters. The Hall–Kier alpha value is -2.21. The highest BCUT2D eigenvalue weighted by atomic mass is 16.5. The van der Waals surface area contributed by atoms with Gasteiger partial charge in [0.15, 0.2) is 5.78 Å².